The topological polar surface area (TPSA) is 47.0 Å². The SMILES string of the molecule is CNc1nnc(COC(C)CC(C)C)s1. The quantitative estimate of drug-likeness (QED) is 0.814. The molecule has 0 spiro atoms. The number of hydrogen-bond acceptors (Lipinski definition) is 5. The van der Waals surface area contributed by atoms with Crippen LogP contribution in [0.2, 0.25) is 0 Å². The second-order valence-corrected chi connectivity index (χ2v) is 5.06. The van der Waals surface area contributed by atoms with E-state index >= 15 is 0 Å². The first-order chi connectivity index (χ1) is 7.11. The lowest BCUT2D eigenvalue weighted by molar-refractivity contribution is 0.0393. The molecule has 86 valence electrons. The van der Waals surface area contributed by atoms with Crippen molar-refractivity contribution in [1.82, 2.24) is 10.2 Å². The Bertz CT molecular complexity index is 288. The molecule has 0 aliphatic carbocycles. The van der Waals surface area contributed by atoms with Crippen molar-refractivity contribution in [3.05, 3.63) is 5.01 Å². The third-order valence-corrected chi connectivity index (χ3v) is 2.89. The molecule has 1 unspecified atom stereocenters. The van der Waals surface area contributed by atoms with Gasteiger partial charge in [0, 0.05) is 7.05 Å². The molecule has 0 amide bonds. The molecule has 5 heteroatoms. The van der Waals surface area contributed by atoms with Gasteiger partial charge in [0.15, 0.2) is 0 Å². The highest BCUT2D eigenvalue weighted by molar-refractivity contribution is 7.15. The van der Waals surface area contributed by atoms with Crippen molar-refractivity contribution in [3.63, 3.8) is 0 Å². The Morgan fingerprint density at radius 3 is 2.60 bits per heavy atom. The van der Waals surface area contributed by atoms with E-state index in [1.165, 1.54) is 11.3 Å². The first-order valence-corrected chi connectivity index (χ1v) is 6.05. The van der Waals surface area contributed by atoms with Crippen molar-refractivity contribution in [2.75, 3.05) is 12.4 Å². The lowest BCUT2D eigenvalue weighted by Gasteiger charge is -2.13. The lowest BCUT2D eigenvalue weighted by Crippen LogP contribution is -2.10. The standard InChI is InChI=1S/C10H19N3OS/c1-7(2)5-8(3)14-6-9-12-13-10(11-4)15-9/h7-8H,5-6H2,1-4H3,(H,11,13). The largest absolute Gasteiger partial charge is 0.371 e. The molecule has 0 aromatic carbocycles. The van der Waals surface area contributed by atoms with Crippen molar-refractivity contribution in [3.8, 4) is 0 Å². The van der Waals surface area contributed by atoms with Crippen LogP contribution in [0.25, 0.3) is 0 Å². The van der Waals surface area contributed by atoms with E-state index in [2.05, 4.69) is 36.3 Å². The molecule has 1 atom stereocenters. The number of anilines is 1. The smallest absolute Gasteiger partial charge is 0.205 e. The Balaban J connectivity index is 2.30. The number of nitrogens with zero attached hydrogens (tertiary/aromatic N) is 2. The molecular weight excluding hydrogens is 210 g/mol. The van der Waals surface area contributed by atoms with Crippen LogP contribution in [-0.4, -0.2) is 23.3 Å². The second-order valence-electron chi connectivity index (χ2n) is 4.00. The van der Waals surface area contributed by atoms with E-state index in [-0.39, 0.29) is 6.10 Å². The molecule has 1 rings (SSSR count). The highest BCUT2D eigenvalue weighted by Gasteiger charge is 2.08. The molecular formula is C10H19N3OS. The van der Waals surface area contributed by atoms with Gasteiger partial charge in [-0.15, -0.1) is 10.2 Å². The predicted octanol–water partition coefficient (Wildman–Crippen LogP) is 2.53. The van der Waals surface area contributed by atoms with Crippen molar-refractivity contribution in [1.29, 1.82) is 0 Å². The number of aromatic nitrogens is 2. The molecule has 1 heterocycles. The van der Waals surface area contributed by atoms with Crippen LogP contribution in [0.3, 0.4) is 0 Å². The van der Waals surface area contributed by atoms with Gasteiger partial charge in [0.25, 0.3) is 0 Å². The molecule has 4 nitrogen and oxygen atoms in total. The van der Waals surface area contributed by atoms with Crippen LogP contribution in [0.1, 0.15) is 32.2 Å². The van der Waals surface area contributed by atoms with Gasteiger partial charge in [0.1, 0.15) is 11.6 Å². The average Bonchev–Trinajstić information content (AvgIpc) is 2.61. The van der Waals surface area contributed by atoms with Gasteiger partial charge in [-0.2, -0.15) is 0 Å². The maximum atomic E-state index is 5.68. The Hall–Kier alpha value is -0.680. The van der Waals surface area contributed by atoms with Gasteiger partial charge in [-0.1, -0.05) is 25.2 Å². The Morgan fingerprint density at radius 1 is 1.33 bits per heavy atom. The molecule has 1 N–H and O–H groups in total. The molecule has 0 radical (unpaired) electrons. The summed E-state index contributed by atoms with van der Waals surface area (Å²) < 4.78 is 5.68. The zero-order valence-electron chi connectivity index (χ0n) is 9.78. The molecule has 0 aliphatic rings. The third-order valence-electron chi connectivity index (χ3n) is 1.98. The number of ether oxygens (including phenoxy) is 1. The summed E-state index contributed by atoms with van der Waals surface area (Å²) in [6.07, 6.45) is 1.37. The van der Waals surface area contributed by atoms with Gasteiger partial charge in [-0.25, -0.2) is 0 Å². The van der Waals surface area contributed by atoms with Crippen LogP contribution in [0.5, 0.6) is 0 Å². The summed E-state index contributed by atoms with van der Waals surface area (Å²) >= 11 is 1.54. The van der Waals surface area contributed by atoms with E-state index in [1.54, 1.807) is 0 Å². The van der Waals surface area contributed by atoms with Crippen LogP contribution in [-0.2, 0) is 11.3 Å². The van der Waals surface area contributed by atoms with Gasteiger partial charge < -0.3 is 10.1 Å². The summed E-state index contributed by atoms with van der Waals surface area (Å²) in [7, 11) is 1.84. The van der Waals surface area contributed by atoms with Crippen molar-refractivity contribution >= 4 is 16.5 Å². The zero-order chi connectivity index (χ0) is 11.3. The van der Waals surface area contributed by atoms with E-state index in [9.17, 15) is 0 Å². The van der Waals surface area contributed by atoms with E-state index in [1.807, 2.05) is 7.05 Å². The van der Waals surface area contributed by atoms with Crippen LogP contribution < -0.4 is 5.32 Å². The minimum atomic E-state index is 0.284. The molecule has 1 aromatic rings. The summed E-state index contributed by atoms with van der Waals surface area (Å²) in [6.45, 7) is 7.06. The highest BCUT2D eigenvalue weighted by Crippen LogP contribution is 2.16. The summed E-state index contributed by atoms with van der Waals surface area (Å²) in [5.41, 5.74) is 0. The van der Waals surface area contributed by atoms with E-state index in [0.717, 1.165) is 16.6 Å². The van der Waals surface area contributed by atoms with Gasteiger partial charge in [-0.3, -0.25) is 0 Å². The first-order valence-electron chi connectivity index (χ1n) is 5.23. The second kappa shape index (κ2) is 6.02. The van der Waals surface area contributed by atoms with Crippen LogP contribution in [0.4, 0.5) is 5.13 Å². The zero-order valence-corrected chi connectivity index (χ0v) is 10.6. The molecule has 0 saturated carbocycles. The fourth-order valence-electron chi connectivity index (χ4n) is 1.36. The summed E-state index contributed by atoms with van der Waals surface area (Å²) in [5, 5.41) is 12.7. The van der Waals surface area contributed by atoms with Gasteiger partial charge in [0.2, 0.25) is 5.13 Å². The maximum absolute atomic E-state index is 5.68. The van der Waals surface area contributed by atoms with E-state index in [4.69, 9.17) is 4.74 Å². The third kappa shape index (κ3) is 4.57. The Labute approximate surface area is 95.1 Å². The molecule has 0 bridgehead atoms. The van der Waals surface area contributed by atoms with Gasteiger partial charge >= 0.3 is 0 Å². The van der Waals surface area contributed by atoms with Gasteiger partial charge in [0.05, 0.1) is 6.10 Å². The molecule has 1 aromatic heterocycles. The van der Waals surface area contributed by atoms with Gasteiger partial charge in [-0.05, 0) is 19.3 Å². The minimum Gasteiger partial charge on any atom is -0.371 e. The van der Waals surface area contributed by atoms with Crippen molar-refractivity contribution < 1.29 is 4.74 Å². The molecule has 0 aliphatic heterocycles. The summed E-state index contributed by atoms with van der Waals surface area (Å²) in [6, 6.07) is 0. The highest BCUT2D eigenvalue weighted by atomic mass is 32.1. The Kier molecular flexibility index (Phi) is 4.98. The van der Waals surface area contributed by atoms with Crippen LogP contribution in [0, 0.1) is 5.92 Å². The summed E-state index contributed by atoms with van der Waals surface area (Å²) in [5.74, 6) is 0.669. The fraction of sp³-hybridized carbons (Fsp3) is 0.800. The lowest BCUT2D eigenvalue weighted by atomic mass is 10.1. The normalized spacial score (nSPS) is 13.1. The molecule has 15 heavy (non-hydrogen) atoms. The van der Waals surface area contributed by atoms with Crippen molar-refractivity contribution in [2.24, 2.45) is 5.92 Å². The molecule has 0 fully saturated rings. The predicted molar refractivity (Wildman–Crippen MR) is 63.2 cm³/mol. The minimum absolute atomic E-state index is 0.284. The average molecular weight is 229 g/mol. The van der Waals surface area contributed by atoms with E-state index < -0.39 is 0 Å². The molecule has 0 saturated heterocycles. The van der Waals surface area contributed by atoms with Crippen LogP contribution >= 0.6 is 11.3 Å². The van der Waals surface area contributed by atoms with Crippen molar-refractivity contribution in [2.45, 2.75) is 39.9 Å². The monoisotopic (exact) mass is 229 g/mol. The van der Waals surface area contributed by atoms with E-state index in [0.29, 0.717) is 12.5 Å². The number of rotatable bonds is 6. The fourth-order valence-corrected chi connectivity index (χ4v) is 1.97. The maximum Gasteiger partial charge on any atom is 0.205 e. The number of nitrogens with one attached hydrogen (secondary N) is 1. The Morgan fingerprint density at radius 2 is 2.07 bits per heavy atom. The number of hydrogen-bond donors (Lipinski definition) is 1. The summed E-state index contributed by atoms with van der Waals surface area (Å²) in [4.78, 5) is 0. The van der Waals surface area contributed by atoms with Crippen LogP contribution in [0.15, 0.2) is 0 Å². The first kappa shape index (κ1) is 12.4.